The van der Waals surface area contributed by atoms with Crippen LogP contribution in [-0.4, -0.2) is 6.04 Å². The Bertz CT molecular complexity index is 404. The molecule has 2 rings (SSSR count). The summed E-state index contributed by atoms with van der Waals surface area (Å²) < 4.78 is 0. The molecule has 0 amide bonds. The number of nitrogens with one attached hydrogen (secondary N) is 1. The lowest BCUT2D eigenvalue weighted by molar-refractivity contribution is 0.268. The van der Waals surface area contributed by atoms with Crippen LogP contribution < -0.4 is 5.32 Å². The van der Waals surface area contributed by atoms with Gasteiger partial charge in [-0.05, 0) is 57.6 Å². The molecule has 0 radical (unpaired) electrons. The van der Waals surface area contributed by atoms with Gasteiger partial charge < -0.3 is 5.32 Å². The summed E-state index contributed by atoms with van der Waals surface area (Å²) in [5.74, 6) is 0.876. The van der Waals surface area contributed by atoms with E-state index in [4.69, 9.17) is 0 Å². The highest BCUT2D eigenvalue weighted by Gasteiger charge is 2.21. The van der Waals surface area contributed by atoms with E-state index in [1.54, 1.807) is 0 Å². The fourth-order valence-electron chi connectivity index (χ4n) is 3.48. The molecule has 1 saturated carbocycles. The van der Waals surface area contributed by atoms with Gasteiger partial charge in [0.05, 0.1) is 0 Å². The molecule has 0 saturated heterocycles. The van der Waals surface area contributed by atoms with E-state index in [1.165, 1.54) is 48.8 Å². The van der Waals surface area contributed by atoms with Crippen LogP contribution in [0.4, 0.5) is 0 Å². The topological polar surface area (TPSA) is 12.0 Å². The minimum Gasteiger partial charge on any atom is -0.307 e. The van der Waals surface area contributed by atoms with Crippen molar-refractivity contribution in [3.8, 4) is 0 Å². The van der Waals surface area contributed by atoms with Crippen molar-refractivity contribution in [2.45, 2.75) is 71.9 Å². The van der Waals surface area contributed by atoms with E-state index >= 15 is 0 Å². The SMILES string of the molecule is Cc1ccc(C)c(C(C)N[C@@H](C)C2CCCCC2)c1. The lowest BCUT2D eigenvalue weighted by atomic mass is 9.84. The highest BCUT2D eigenvalue weighted by Crippen LogP contribution is 2.28. The molecule has 1 aliphatic carbocycles. The molecule has 0 aliphatic heterocycles. The fraction of sp³-hybridized carbons (Fsp3) is 0.667. The Hall–Kier alpha value is -0.820. The molecule has 1 aromatic carbocycles. The zero-order valence-corrected chi connectivity index (χ0v) is 13.0. The van der Waals surface area contributed by atoms with Crippen LogP contribution >= 0.6 is 0 Å². The number of aryl methyl sites for hydroxylation is 2. The van der Waals surface area contributed by atoms with E-state index < -0.39 is 0 Å². The summed E-state index contributed by atoms with van der Waals surface area (Å²) >= 11 is 0. The van der Waals surface area contributed by atoms with Crippen LogP contribution in [0.1, 0.15) is 68.7 Å². The van der Waals surface area contributed by atoms with Gasteiger partial charge in [0, 0.05) is 12.1 Å². The van der Waals surface area contributed by atoms with Crippen LogP contribution in [0.5, 0.6) is 0 Å². The lowest BCUT2D eigenvalue weighted by Crippen LogP contribution is -2.36. The summed E-state index contributed by atoms with van der Waals surface area (Å²) in [6.45, 7) is 9.08. The van der Waals surface area contributed by atoms with Gasteiger partial charge in [0.2, 0.25) is 0 Å². The zero-order chi connectivity index (χ0) is 13.8. The first-order valence-electron chi connectivity index (χ1n) is 7.91. The molecule has 106 valence electrons. The molecule has 19 heavy (non-hydrogen) atoms. The molecule has 0 heterocycles. The number of rotatable bonds is 4. The average molecular weight is 259 g/mol. The molecular weight excluding hydrogens is 230 g/mol. The van der Waals surface area contributed by atoms with Crippen molar-refractivity contribution in [3.05, 3.63) is 34.9 Å². The van der Waals surface area contributed by atoms with Crippen molar-refractivity contribution in [2.24, 2.45) is 5.92 Å². The summed E-state index contributed by atoms with van der Waals surface area (Å²) in [5, 5.41) is 3.83. The zero-order valence-electron chi connectivity index (χ0n) is 13.0. The largest absolute Gasteiger partial charge is 0.307 e. The van der Waals surface area contributed by atoms with Crippen LogP contribution in [0.25, 0.3) is 0 Å². The Morgan fingerprint density at radius 3 is 2.42 bits per heavy atom. The quantitative estimate of drug-likeness (QED) is 0.809. The maximum absolute atomic E-state index is 3.83. The van der Waals surface area contributed by atoms with Gasteiger partial charge in [-0.25, -0.2) is 0 Å². The molecule has 1 fully saturated rings. The molecule has 0 aromatic heterocycles. The molecule has 1 nitrogen and oxygen atoms in total. The summed E-state index contributed by atoms with van der Waals surface area (Å²) in [7, 11) is 0. The van der Waals surface area contributed by atoms with Crippen molar-refractivity contribution >= 4 is 0 Å². The van der Waals surface area contributed by atoms with Crippen molar-refractivity contribution in [1.29, 1.82) is 0 Å². The van der Waals surface area contributed by atoms with Gasteiger partial charge >= 0.3 is 0 Å². The van der Waals surface area contributed by atoms with E-state index in [2.05, 4.69) is 51.2 Å². The molecule has 1 aliphatic rings. The fourth-order valence-corrected chi connectivity index (χ4v) is 3.48. The van der Waals surface area contributed by atoms with E-state index in [-0.39, 0.29) is 0 Å². The van der Waals surface area contributed by atoms with E-state index in [1.807, 2.05) is 0 Å². The molecule has 1 aromatic rings. The first kappa shape index (κ1) is 14.6. The molecule has 1 heteroatoms. The normalized spacial score (nSPS) is 20.2. The van der Waals surface area contributed by atoms with Crippen LogP contribution in [0.2, 0.25) is 0 Å². The minimum absolute atomic E-state index is 0.455. The highest BCUT2D eigenvalue weighted by atomic mass is 14.9. The number of hydrogen-bond donors (Lipinski definition) is 1. The van der Waals surface area contributed by atoms with Gasteiger partial charge in [0.1, 0.15) is 0 Å². The van der Waals surface area contributed by atoms with Gasteiger partial charge in [-0.3, -0.25) is 0 Å². The highest BCUT2D eigenvalue weighted by molar-refractivity contribution is 5.32. The third kappa shape index (κ3) is 3.82. The first-order valence-corrected chi connectivity index (χ1v) is 7.91. The van der Waals surface area contributed by atoms with Crippen molar-refractivity contribution in [2.75, 3.05) is 0 Å². The number of benzene rings is 1. The smallest absolute Gasteiger partial charge is 0.0297 e. The summed E-state index contributed by atoms with van der Waals surface area (Å²) in [4.78, 5) is 0. The lowest BCUT2D eigenvalue weighted by Gasteiger charge is -2.31. The Morgan fingerprint density at radius 1 is 1.05 bits per heavy atom. The van der Waals surface area contributed by atoms with Crippen LogP contribution in [0.15, 0.2) is 18.2 Å². The van der Waals surface area contributed by atoms with E-state index in [0.717, 1.165) is 5.92 Å². The monoisotopic (exact) mass is 259 g/mol. The van der Waals surface area contributed by atoms with Gasteiger partial charge in [-0.2, -0.15) is 0 Å². The van der Waals surface area contributed by atoms with Crippen molar-refractivity contribution in [3.63, 3.8) is 0 Å². The molecule has 0 spiro atoms. The Balaban J connectivity index is 1.99. The molecule has 1 unspecified atom stereocenters. The first-order chi connectivity index (χ1) is 9.08. The van der Waals surface area contributed by atoms with Gasteiger partial charge in [-0.1, -0.05) is 43.0 Å². The predicted octanol–water partition coefficient (Wildman–Crippen LogP) is 4.92. The van der Waals surface area contributed by atoms with Crippen molar-refractivity contribution < 1.29 is 0 Å². The molecule has 2 atom stereocenters. The molecule has 0 bridgehead atoms. The summed E-state index contributed by atoms with van der Waals surface area (Å²) in [6, 6.07) is 7.87. The maximum Gasteiger partial charge on any atom is 0.0297 e. The Morgan fingerprint density at radius 2 is 1.74 bits per heavy atom. The van der Waals surface area contributed by atoms with E-state index in [0.29, 0.717) is 12.1 Å². The Labute approximate surface area is 118 Å². The Kier molecular flexibility index (Phi) is 5.04. The maximum atomic E-state index is 3.83. The van der Waals surface area contributed by atoms with Gasteiger partial charge in [-0.15, -0.1) is 0 Å². The van der Waals surface area contributed by atoms with Crippen molar-refractivity contribution in [1.82, 2.24) is 5.32 Å². The predicted molar refractivity (Wildman–Crippen MR) is 83.5 cm³/mol. The summed E-state index contributed by atoms with van der Waals surface area (Å²) in [5.41, 5.74) is 4.23. The third-order valence-corrected chi connectivity index (χ3v) is 4.77. The average Bonchev–Trinajstić information content (AvgIpc) is 2.42. The molecular formula is C18H29N. The van der Waals surface area contributed by atoms with Crippen LogP contribution in [-0.2, 0) is 0 Å². The second-order valence-electron chi connectivity index (χ2n) is 6.44. The second-order valence-corrected chi connectivity index (χ2v) is 6.44. The minimum atomic E-state index is 0.455. The second kappa shape index (κ2) is 6.56. The summed E-state index contributed by atoms with van der Waals surface area (Å²) in [6.07, 6.45) is 7.11. The van der Waals surface area contributed by atoms with E-state index in [9.17, 15) is 0 Å². The molecule has 1 N–H and O–H groups in total. The third-order valence-electron chi connectivity index (χ3n) is 4.77. The number of hydrogen-bond acceptors (Lipinski definition) is 1. The van der Waals surface area contributed by atoms with Crippen LogP contribution in [0.3, 0.4) is 0 Å². The van der Waals surface area contributed by atoms with Gasteiger partial charge in [0.25, 0.3) is 0 Å². The van der Waals surface area contributed by atoms with Crippen LogP contribution in [0, 0.1) is 19.8 Å². The standard InChI is InChI=1S/C18H29N/c1-13-10-11-14(2)18(12-13)16(4)19-15(3)17-8-6-5-7-9-17/h10-12,15-17,19H,5-9H2,1-4H3/t15-,16?/m0/s1. The van der Waals surface area contributed by atoms with Gasteiger partial charge in [0.15, 0.2) is 0 Å².